The maximum absolute atomic E-state index is 2.45. The lowest BCUT2D eigenvalue weighted by molar-refractivity contribution is 1.31. The normalized spacial score (nSPS) is 11.9. The predicted octanol–water partition coefficient (Wildman–Crippen LogP) is 15.8. The number of benzene rings is 10. The van der Waals surface area contributed by atoms with Crippen LogP contribution in [0, 0.1) is 0 Å². The quantitative estimate of drug-likeness (QED) is 0.0903. The maximum Gasteiger partial charge on any atom is 0.0618 e. The minimum atomic E-state index is 1.10. The van der Waals surface area contributed by atoms with Gasteiger partial charge in [0.05, 0.1) is 5.69 Å². The van der Waals surface area contributed by atoms with Gasteiger partial charge in [-0.15, -0.1) is 0 Å². The van der Waals surface area contributed by atoms with E-state index in [0.29, 0.717) is 0 Å². The molecular formula is C55H39N. The van der Waals surface area contributed by atoms with Gasteiger partial charge >= 0.3 is 0 Å². The molecule has 0 spiro atoms. The molecule has 0 aliphatic carbocycles. The zero-order valence-electron chi connectivity index (χ0n) is 31.2. The monoisotopic (exact) mass is 713 g/mol. The molecular weight excluding hydrogens is 675 g/mol. The first-order valence-electron chi connectivity index (χ1n) is 19.4. The van der Waals surface area contributed by atoms with Crippen LogP contribution in [0.3, 0.4) is 0 Å². The number of hydrogen-bond acceptors (Lipinski definition) is 1. The minimum absolute atomic E-state index is 1.10. The number of anilines is 3. The topological polar surface area (TPSA) is 3.24 Å². The number of nitrogens with zero attached hydrogens (tertiary/aromatic N) is 1. The molecule has 1 nitrogen and oxygen atoms in total. The molecule has 0 saturated carbocycles. The first kappa shape index (κ1) is 33.4. The minimum Gasteiger partial charge on any atom is -0.309 e. The number of fused-ring (bicyclic) bond motifs is 6. The van der Waals surface area contributed by atoms with Crippen LogP contribution in [0.1, 0.15) is 12.5 Å². The van der Waals surface area contributed by atoms with Gasteiger partial charge in [0.1, 0.15) is 0 Å². The molecule has 1 heteroatoms. The molecule has 0 aliphatic rings. The second-order valence-electron chi connectivity index (χ2n) is 14.5. The Hall–Kier alpha value is -7.22. The summed E-state index contributed by atoms with van der Waals surface area (Å²) in [5, 5.41) is 12.4. The van der Waals surface area contributed by atoms with Gasteiger partial charge < -0.3 is 4.90 Å². The third-order valence-corrected chi connectivity index (χ3v) is 11.1. The van der Waals surface area contributed by atoms with Crippen LogP contribution in [-0.2, 0) is 0 Å². The predicted molar refractivity (Wildman–Crippen MR) is 243 cm³/mol. The smallest absolute Gasteiger partial charge is 0.0618 e. The van der Waals surface area contributed by atoms with Crippen molar-refractivity contribution >= 4 is 77.0 Å². The van der Waals surface area contributed by atoms with Gasteiger partial charge in [-0.2, -0.15) is 0 Å². The lowest BCUT2D eigenvalue weighted by Gasteiger charge is -2.29. The zero-order chi connectivity index (χ0) is 37.4. The highest BCUT2D eigenvalue weighted by molar-refractivity contribution is 6.15. The summed E-state index contributed by atoms with van der Waals surface area (Å²) in [6.07, 6.45) is 8.49. The van der Waals surface area contributed by atoms with Crippen molar-refractivity contribution < 1.29 is 0 Å². The van der Waals surface area contributed by atoms with Crippen molar-refractivity contribution in [1.29, 1.82) is 0 Å². The number of rotatable bonds is 7. The van der Waals surface area contributed by atoms with Crippen LogP contribution in [0.4, 0.5) is 17.1 Å². The first-order valence-corrected chi connectivity index (χ1v) is 19.4. The molecule has 0 amide bonds. The Balaban J connectivity index is 1.15. The SMILES string of the molecule is C/C=C\C=C/c1cc2ccccc2cc1-c1ccc(N(c2ccc(-c3cc4ccccc4c4ccccc34)cc2)c2c3ccccc3cc3ccccc23)cc1. The lowest BCUT2D eigenvalue weighted by atomic mass is 9.93. The van der Waals surface area contributed by atoms with E-state index in [9.17, 15) is 0 Å². The van der Waals surface area contributed by atoms with Crippen LogP contribution >= 0.6 is 0 Å². The van der Waals surface area contributed by atoms with Gasteiger partial charge in [0.25, 0.3) is 0 Å². The molecule has 0 radical (unpaired) electrons. The first-order chi connectivity index (χ1) is 27.7. The van der Waals surface area contributed by atoms with E-state index < -0.39 is 0 Å². The Morgan fingerprint density at radius 2 is 0.804 bits per heavy atom. The summed E-state index contributed by atoms with van der Waals surface area (Å²) in [5.74, 6) is 0. The molecule has 56 heavy (non-hydrogen) atoms. The maximum atomic E-state index is 2.45. The molecule has 264 valence electrons. The van der Waals surface area contributed by atoms with E-state index in [-0.39, 0.29) is 0 Å². The molecule has 10 aromatic rings. The van der Waals surface area contributed by atoms with Crippen molar-refractivity contribution in [2.45, 2.75) is 6.92 Å². The third kappa shape index (κ3) is 5.91. The lowest BCUT2D eigenvalue weighted by Crippen LogP contribution is -2.11. The Morgan fingerprint density at radius 3 is 1.39 bits per heavy atom. The third-order valence-electron chi connectivity index (χ3n) is 11.1. The Labute approximate surface area is 327 Å². The van der Waals surface area contributed by atoms with Crippen molar-refractivity contribution in [2.75, 3.05) is 4.90 Å². The molecule has 0 N–H and O–H groups in total. The second-order valence-corrected chi connectivity index (χ2v) is 14.5. The van der Waals surface area contributed by atoms with E-state index in [4.69, 9.17) is 0 Å². The van der Waals surface area contributed by atoms with Gasteiger partial charge in [-0.25, -0.2) is 0 Å². The zero-order valence-corrected chi connectivity index (χ0v) is 31.2. The fourth-order valence-electron chi connectivity index (χ4n) is 8.43. The van der Waals surface area contributed by atoms with Crippen LogP contribution in [0.15, 0.2) is 212 Å². The van der Waals surface area contributed by atoms with Crippen LogP contribution in [0.25, 0.3) is 82.2 Å². The van der Waals surface area contributed by atoms with Crippen molar-refractivity contribution in [3.8, 4) is 22.3 Å². The molecule has 0 heterocycles. The van der Waals surface area contributed by atoms with Crippen molar-refractivity contribution in [2.24, 2.45) is 0 Å². The van der Waals surface area contributed by atoms with Gasteiger partial charge in [0.2, 0.25) is 0 Å². The molecule has 10 rings (SSSR count). The highest BCUT2D eigenvalue weighted by Crippen LogP contribution is 2.45. The molecule has 0 aromatic heterocycles. The summed E-state index contributed by atoms with van der Waals surface area (Å²) in [6.45, 7) is 2.05. The van der Waals surface area contributed by atoms with Crippen LogP contribution < -0.4 is 4.90 Å². The van der Waals surface area contributed by atoms with E-state index in [1.807, 2.05) is 6.92 Å². The summed E-state index contributed by atoms with van der Waals surface area (Å²) in [4.78, 5) is 2.45. The Kier molecular flexibility index (Phi) is 8.46. The average molecular weight is 714 g/mol. The van der Waals surface area contributed by atoms with E-state index >= 15 is 0 Å². The summed E-state index contributed by atoms with van der Waals surface area (Å²) in [7, 11) is 0. The summed E-state index contributed by atoms with van der Waals surface area (Å²) < 4.78 is 0. The van der Waals surface area contributed by atoms with E-state index in [1.54, 1.807) is 0 Å². The highest BCUT2D eigenvalue weighted by Gasteiger charge is 2.20. The van der Waals surface area contributed by atoms with Crippen LogP contribution in [-0.4, -0.2) is 0 Å². The fraction of sp³-hybridized carbons (Fsp3) is 0.0182. The standard InChI is InChI=1S/C55H39N/c1-2-3-4-17-44-34-40-15-5-6-16-41(40)36-53(44)38-26-30-46(31-27-38)56(55-49-22-11-8-18-42(49)35-43-19-9-12-23-50(43)55)47-32-28-39(29-33-47)54-37-45-20-7-10-21-48(45)51-24-13-14-25-52(51)54/h2-37H,1H3/b3-2-,17-4-. The number of hydrogen-bond donors (Lipinski definition) is 0. The van der Waals surface area contributed by atoms with Crippen molar-refractivity contribution in [3.05, 3.63) is 218 Å². The Bertz CT molecular complexity index is 3080. The Morgan fingerprint density at radius 1 is 0.357 bits per heavy atom. The molecule has 0 bridgehead atoms. The average Bonchev–Trinajstić information content (AvgIpc) is 3.26. The van der Waals surface area contributed by atoms with E-state index in [1.165, 1.54) is 87.4 Å². The van der Waals surface area contributed by atoms with Gasteiger partial charge in [0.15, 0.2) is 0 Å². The van der Waals surface area contributed by atoms with Gasteiger partial charge in [-0.1, -0.05) is 170 Å². The van der Waals surface area contributed by atoms with Crippen molar-refractivity contribution in [3.63, 3.8) is 0 Å². The van der Waals surface area contributed by atoms with E-state index in [2.05, 4.69) is 223 Å². The molecule has 0 atom stereocenters. The summed E-state index contributed by atoms with van der Waals surface area (Å²) >= 11 is 0. The molecule has 0 saturated heterocycles. The molecule has 10 aromatic carbocycles. The van der Waals surface area contributed by atoms with Crippen LogP contribution in [0.2, 0.25) is 0 Å². The molecule has 0 unspecified atom stereocenters. The molecule has 0 aliphatic heterocycles. The summed E-state index contributed by atoms with van der Waals surface area (Å²) in [6, 6.07) is 71.2. The summed E-state index contributed by atoms with van der Waals surface area (Å²) in [5.41, 5.74) is 9.42. The van der Waals surface area contributed by atoms with Gasteiger partial charge in [-0.3, -0.25) is 0 Å². The fourth-order valence-corrected chi connectivity index (χ4v) is 8.43. The molecule has 0 fully saturated rings. The second kappa shape index (κ2) is 14.2. The largest absolute Gasteiger partial charge is 0.309 e. The van der Waals surface area contributed by atoms with Crippen molar-refractivity contribution in [1.82, 2.24) is 0 Å². The van der Waals surface area contributed by atoms with E-state index in [0.717, 1.165) is 11.4 Å². The highest BCUT2D eigenvalue weighted by atomic mass is 15.1. The van der Waals surface area contributed by atoms with Crippen LogP contribution in [0.5, 0.6) is 0 Å². The number of allylic oxidation sites excluding steroid dienone is 3. The van der Waals surface area contributed by atoms with Gasteiger partial charge in [0, 0.05) is 22.1 Å². The van der Waals surface area contributed by atoms with Gasteiger partial charge in [-0.05, 0) is 126 Å².